The van der Waals surface area contributed by atoms with Gasteiger partial charge < -0.3 is 10.5 Å². The molecule has 0 radical (unpaired) electrons. The molecule has 0 unspecified atom stereocenters. The highest BCUT2D eigenvalue weighted by molar-refractivity contribution is 5.80. The molecule has 6 nitrogen and oxygen atoms in total. The van der Waals surface area contributed by atoms with E-state index in [1.807, 2.05) is 26.1 Å². The Bertz CT molecular complexity index is 730. The SMILES string of the molecule is Cc1cccc(N)c1Oc1ncnc2c1cnn2C. The van der Waals surface area contributed by atoms with Crippen LogP contribution in [-0.4, -0.2) is 19.7 Å². The van der Waals surface area contributed by atoms with Crippen LogP contribution < -0.4 is 10.5 Å². The zero-order valence-corrected chi connectivity index (χ0v) is 10.7. The molecule has 0 aliphatic rings. The summed E-state index contributed by atoms with van der Waals surface area (Å²) in [6, 6.07) is 5.62. The molecule has 0 saturated heterocycles. The summed E-state index contributed by atoms with van der Waals surface area (Å²) in [5.74, 6) is 1.07. The van der Waals surface area contributed by atoms with E-state index >= 15 is 0 Å². The van der Waals surface area contributed by atoms with Gasteiger partial charge in [0.05, 0.1) is 11.9 Å². The van der Waals surface area contributed by atoms with Crippen molar-refractivity contribution in [3.05, 3.63) is 36.3 Å². The van der Waals surface area contributed by atoms with E-state index in [-0.39, 0.29) is 0 Å². The minimum absolute atomic E-state index is 0.458. The van der Waals surface area contributed by atoms with Crippen molar-refractivity contribution in [1.29, 1.82) is 0 Å². The summed E-state index contributed by atoms with van der Waals surface area (Å²) in [6.45, 7) is 1.94. The third-order valence-corrected chi connectivity index (χ3v) is 2.93. The number of ether oxygens (including phenoxy) is 1. The number of anilines is 1. The molecule has 0 fully saturated rings. The fourth-order valence-electron chi connectivity index (χ4n) is 1.93. The number of fused-ring (bicyclic) bond motifs is 1. The molecule has 0 aliphatic heterocycles. The lowest BCUT2D eigenvalue weighted by Crippen LogP contribution is -1.97. The maximum absolute atomic E-state index is 5.93. The van der Waals surface area contributed by atoms with Gasteiger partial charge in [0.2, 0.25) is 5.88 Å². The van der Waals surface area contributed by atoms with Gasteiger partial charge in [0.25, 0.3) is 0 Å². The van der Waals surface area contributed by atoms with Gasteiger partial charge in [-0.1, -0.05) is 12.1 Å². The molecule has 2 N–H and O–H groups in total. The molecule has 1 aromatic carbocycles. The number of hydrogen-bond donors (Lipinski definition) is 1. The van der Waals surface area contributed by atoms with Gasteiger partial charge in [0.1, 0.15) is 11.7 Å². The van der Waals surface area contributed by atoms with E-state index in [9.17, 15) is 0 Å². The molecule has 6 heteroatoms. The third kappa shape index (κ3) is 1.87. The van der Waals surface area contributed by atoms with Gasteiger partial charge in [-0.2, -0.15) is 5.10 Å². The van der Waals surface area contributed by atoms with Gasteiger partial charge in [0.15, 0.2) is 11.4 Å². The predicted molar refractivity (Wildman–Crippen MR) is 72.0 cm³/mol. The lowest BCUT2D eigenvalue weighted by Gasteiger charge is -2.10. The summed E-state index contributed by atoms with van der Waals surface area (Å²) in [6.07, 6.45) is 3.13. The number of aromatic nitrogens is 4. The Hall–Kier alpha value is -2.63. The minimum atomic E-state index is 0.458. The van der Waals surface area contributed by atoms with Crippen LogP contribution in [-0.2, 0) is 7.05 Å². The van der Waals surface area contributed by atoms with E-state index in [1.54, 1.807) is 16.9 Å². The molecule has 0 aliphatic carbocycles. The Kier molecular flexibility index (Phi) is 2.56. The number of rotatable bonds is 2. The predicted octanol–water partition coefficient (Wildman–Crippen LogP) is 2.05. The highest BCUT2D eigenvalue weighted by atomic mass is 16.5. The molecule has 0 atom stereocenters. The van der Waals surface area contributed by atoms with Gasteiger partial charge in [-0.15, -0.1) is 0 Å². The van der Waals surface area contributed by atoms with Crippen LogP contribution in [0.2, 0.25) is 0 Å². The fourth-order valence-corrected chi connectivity index (χ4v) is 1.93. The molecule has 3 aromatic rings. The molecule has 96 valence electrons. The van der Waals surface area contributed by atoms with Crippen molar-refractivity contribution in [1.82, 2.24) is 19.7 Å². The second-order valence-corrected chi connectivity index (χ2v) is 4.28. The Morgan fingerprint density at radius 2 is 2.11 bits per heavy atom. The van der Waals surface area contributed by atoms with Crippen molar-refractivity contribution in [3.63, 3.8) is 0 Å². The first-order chi connectivity index (χ1) is 9.16. The molecule has 0 amide bonds. The maximum Gasteiger partial charge on any atom is 0.233 e. The Balaban J connectivity index is 2.11. The lowest BCUT2D eigenvalue weighted by atomic mass is 10.2. The number of benzene rings is 1. The topological polar surface area (TPSA) is 78.8 Å². The van der Waals surface area contributed by atoms with E-state index in [0.29, 0.717) is 17.3 Å². The second-order valence-electron chi connectivity index (χ2n) is 4.28. The van der Waals surface area contributed by atoms with E-state index in [4.69, 9.17) is 10.5 Å². The Labute approximate surface area is 109 Å². The summed E-state index contributed by atoms with van der Waals surface area (Å²) >= 11 is 0. The normalized spacial score (nSPS) is 10.8. The monoisotopic (exact) mass is 255 g/mol. The van der Waals surface area contributed by atoms with Crippen LogP contribution in [0.25, 0.3) is 11.0 Å². The van der Waals surface area contributed by atoms with E-state index in [0.717, 1.165) is 16.6 Å². The summed E-state index contributed by atoms with van der Waals surface area (Å²) in [5, 5.41) is 4.90. The van der Waals surface area contributed by atoms with Crippen molar-refractivity contribution in [2.75, 3.05) is 5.73 Å². The molecule has 3 rings (SSSR count). The molecule has 0 saturated carbocycles. The number of hydrogen-bond acceptors (Lipinski definition) is 5. The fraction of sp³-hybridized carbons (Fsp3) is 0.154. The van der Waals surface area contributed by atoms with Crippen LogP contribution in [0.4, 0.5) is 5.69 Å². The first kappa shape index (κ1) is 11.5. The van der Waals surface area contributed by atoms with Crippen molar-refractivity contribution in [3.8, 4) is 11.6 Å². The Morgan fingerprint density at radius 1 is 1.26 bits per heavy atom. The number of aryl methyl sites for hydroxylation is 2. The molecule has 0 spiro atoms. The van der Waals surface area contributed by atoms with Gasteiger partial charge in [0, 0.05) is 7.05 Å². The number of nitrogens with two attached hydrogens (primary N) is 1. The Morgan fingerprint density at radius 3 is 2.89 bits per heavy atom. The highest BCUT2D eigenvalue weighted by Gasteiger charge is 2.12. The standard InChI is InChI=1S/C13H13N5O/c1-8-4-3-5-10(14)11(8)19-13-9-6-17-18(2)12(9)15-7-16-13/h3-7H,14H2,1-2H3. The first-order valence-corrected chi connectivity index (χ1v) is 5.82. The smallest absolute Gasteiger partial charge is 0.233 e. The van der Waals surface area contributed by atoms with Crippen LogP contribution in [0, 0.1) is 6.92 Å². The van der Waals surface area contributed by atoms with E-state index in [1.165, 1.54) is 6.33 Å². The average molecular weight is 255 g/mol. The van der Waals surface area contributed by atoms with E-state index in [2.05, 4.69) is 15.1 Å². The van der Waals surface area contributed by atoms with Crippen molar-refractivity contribution < 1.29 is 4.74 Å². The molecule has 2 aromatic heterocycles. The van der Waals surface area contributed by atoms with E-state index < -0.39 is 0 Å². The van der Waals surface area contributed by atoms with Crippen LogP contribution in [0.1, 0.15) is 5.56 Å². The zero-order valence-electron chi connectivity index (χ0n) is 10.7. The maximum atomic E-state index is 5.93. The van der Waals surface area contributed by atoms with Crippen LogP contribution in [0.15, 0.2) is 30.7 Å². The van der Waals surface area contributed by atoms with Gasteiger partial charge in [-0.3, -0.25) is 4.68 Å². The lowest BCUT2D eigenvalue weighted by molar-refractivity contribution is 0.467. The second kappa shape index (κ2) is 4.24. The molecular formula is C13H13N5O. The van der Waals surface area contributed by atoms with Gasteiger partial charge in [-0.25, -0.2) is 9.97 Å². The third-order valence-electron chi connectivity index (χ3n) is 2.93. The quantitative estimate of drug-likeness (QED) is 0.709. The molecular weight excluding hydrogens is 242 g/mol. The number of para-hydroxylation sites is 1. The largest absolute Gasteiger partial charge is 0.436 e. The number of nitrogens with zero attached hydrogens (tertiary/aromatic N) is 4. The summed E-state index contributed by atoms with van der Waals surface area (Å²) < 4.78 is 7.51. The zero-order chi connectivity index (χ0) is 13.4. The average Bonchev–Trinajstić information content (AvgIpc) is 2.77. The van der Waals surface area contributed by atoms with Crippen LogP contribution >= 0.6 is 0 Å². The van der Waals surface area contributed by atoms with Crippen molar-refractivity contribution >= 4 is 16.7 Å². The van der Waals surface area contributed by atoms with Crippen LogP contribution in [0.3, 0.4) is 0 Å². The summed E-state index contributed by atoms with van der Waals surface area (Å²) in [7, 11) is 1.82. The van der Waals surface area contributed by atoms with Gasteiger partial charge in [-0.05, 0) is 18.6 Å². The van der Waals surface area contributed by atoms with Crippen molar-refractivity contribution in [2.45, 2.75) is 6.92 Å². The summed E-state index contributed by atoms with van der Waals surface area (Å²) in [4.78, 5) is 8.32. The molecule has 0 bridgehead atoms. The minimum Gasteiger partial charge on any atom is -0.436 e. The highest BCUT2D eigenvalue weighted by Crippen LogP contribution is 2.32. The molecule has 19 heavy (non-hydrogen) atoms. The number of nitrogen functional groups attached to an aromatic ring is 1. The molecule has 2 heterocycles. The first-order valence-electron chi connectivity index (χ1n) is 5.82. The van der Waals surface area contributed by atoms with Crippen LogP contribution in [0.5, 0.6) is 11.6 Å². The van der Waals surface area contributed by atoms with Crippen molar-refractivity contribution in [2.24, 2.45) is 7.05 Å². The van der Waals surface area contributed by atoms with Gasteiger partial charge >= 0.3 is 0 Å². The summed E-state index contributed by atoms with van der Waals surface area (Å²) in [5.41, 5.74) is 8.18.